The first-order valence-electron chi connectivity index (χ1n) is 10.0. The van der Waals surface area contributed by atoms with Crippen LogP contribution in [0.15, 0.2) is 0 Å². The molecule has 4 N–H and O–H groups in total. The van der Waals surface area contributed by atoms with Gasteiger partial charge in [-0.15, -0.1) is 23.2 Å². The second kappa shape index (κ2) is 17.1. The van der Waals surface area contributed by atoms with Crippen molar-refractivity contribution < 1.29 is 66.4 Å². The average Bonchev–Trinajstić information content (AvgIpc) is 3.25. The number of rotatable bonds is 3. The van der Waals surface area contributed by atoms with Crippen molar-refractivity contribution in [3.05, 3.63) is 0 Å². The molecule has 0 aromatic rings. The maximum Gasteiger partial charge on any atom is 1.00 e. The first-order valence-corrected chi connectivity index (χ1v) is 10.9. The van der Waals surface area contributed by atoms with Crippen molar-refractivity contribution in [3.8, 4) is 0 Å². The van der Waals surface area contributed by atoms with Gasteiger partial charge in [0, 0.05) is 18.9 Å². The molecular formula is C19H36Cl2KN3O3. The molecule has 160 valence electrons. The summed E-state index contributed by atoms with van der Waals surface area (Å²) in [6, 6.07) is -0.00461. The molecular weight excluding hydrogens is 428 g/mol. The van der Waals surface area contributed by atoms with E-state index < -0.39 is 6.10 Å². The fraction of sp³-hybridized carbons (Fsp3) is 0.947. The van der Waals surface area contributed by atoms with Crippen molar-refractivity contribution in [3.63, 3.8) is 0 Å². The van der Waals surface area contributed by atoms with E-state index in [4.69, 9.17) is 28.3 Å². The van der Waals surface area contributed by atoms with Crippen molar-refractivity contribution in [2.75, 3.05) is 33.3 Å². The molecule has 3 rings (SSSR count). The fourth-order valence-electron chi connectivity index (χ4n) is 4.14. The molecule has 0 aromatic heterocycles. The Hall–Kier alpha value is 1.53. The predicted molar refractivity (Wildman–Crippen MR) is 109 cm³/mol. The van der Waals surface area contributed by atoms with E-state index >= 15 is 0 Å². The Morgan fingerprint density at radius 1 is 1.04 bits per heavy atom. The molecule has 0 spiro atoms. The van der Waals surface area contributed by atoms with Crippen LogP contribution in [0.2, 0.25) is 0 Å². The van der Waals surface area contributed by atoms with Gasteiger partial charge in [-0.3, -0.25) is 4.79 Å². The largest absolute Gasteiger partial charge is 1.00 e. The Kier molecular flexibility index (Phi) is 18.1. The van der Waals surface area contributed by atoms with Gasteiger partial charge in [-0.2, -0.15) is 7.11 Å². The Labute approximate surface area is 222 Å². The standard InChI is InChI=1S/C14H24Cl2N2O2.C4H9N.CH3O.K/c1-8(19)18-14(9-2-4-17-5-3-9)10-6-11(15)12(16)7-13(10)20;1-2-4-5-3-1;1-2;/h9-14,17,20H,2-7H2,1H3,(H,18,19);5H,1-4H2;1H3;/q;;-1;+1. The number of hydrogen-bond donors (Lipinski definition) is 4. The molecule has 2 aliphatic heterocycles. The van der Waals surface area contributed by atoms with E-state index in [-0.39, 0.29) is 80.0 Å². The van der Waals surface area contributed by atoms with Crippen molar-refractivity contribution in [1.29, 1.82) is 0 Å². The van der Waals surface area contributed by atoms with E-state index in [2.05, 4.69) is 16.0 Å². The molecule has 9 heteroatoms. The number of aliphatic hydroxyl groups excluding tert-OH is 1. The van der Waals surface area contributed by atoms with E-state index in [0.29, 0.717) is 18.8 Å². The third-order valence-corrected chi connectivity index (χ3v) is 6.62. The van der Waals surface area contributed by atoms with Crippen LogP contribution in [0.4, 0.5) is 0 Å². The zero-order valence-corrected chi connectivity index (χ0v) is 22.2. The summed E-state index contributed by atoms with van der Waals surface area (Å²) in [5.74, 6) is 0.356. The molecule has 1 saturated carbocycles. The molecule has 0 bridgehead atoms. The number of hydrogen-bond acceptors (Lipinski definition) is 5. The Bertz CT molecular complexity index is 406. The van der Waals surface area contributed by atoms with Crippen molar-refractivity contribution in [2.45, 2.75) is 68.3 Å². The van der Waals surface area contributed by atoms with Gasteiger partial charge in [-0.25, -0.2) is 0 Å². The number of piperidine rings is 1. The van der Waals surface area contributed by atoms with Crippen molar-refractivity contribution in [1.82, 2.24) is 16.0 Å². The van der Waals surface area contributed by atoms with Crippen LogP contribution in [-0.4, -0.2) is 67.2 Å². The van der Waals surface area contributed by atoms with Gasteiger partial charge in [-0.05, 0) is 70.6 Å². The van der Waals surface area contributed by atoms with Gasteiger partial charge in [0.2, 0.25) is 5.91 Å². The van der Waals surface area contributed by atoms with E-state index in [1.165, 1.54) is 32.9 Å². The molecule has 1 aliphatic carbocycles. The number of halogens is 2. The minimum Gasteiger partial charge on any atom is -0.857 e. The number of carbonyl (C=O) groups excluding carboxylic acids is 1. The fourth-order valence-corrected chi connectivity index (χ4v) is 4.74. The summed E-state index contributed by atoms with van der Waals surface area (Å²) < 4.78 is 0. The van der Waals surface area contributed by atoms with E-state index in [9.17, 15) is 9.90 Å². The SMILES string of the molecule is C1CCNC1.CC(=O)NC(C1CCNCC1)C1CC(Cl)C(Cl)CC1O.C[O-].[K+]. The minimum absolute atomic E-state index is 0. The van der Waals surface area contributed by atoms with E-state index in [1.807, 2.05) is 0 Å². The molecule has 5 atom stereocenters. The van der Waals surface area contributed by atoms with Crippen molar-refractivity contribution >= 4 is 29.1 Å². The van der Waals surface area contributed by atoms with Crippen LogP contribution in [0.3, 0.4) is 0 Å². The molecule has 0 aromatic carbocycles. The normalized spacial score (nSPS) is 31.2. The zero-order chi connectivity index (χ0) is 20.2. The number of amides is 1. The summed E-state index contributed by atoms with van der Waals surface area (Å²) >= 11 is 12.4. The molecule has 2 saturated heterocycles. The minimum atomic E-state index is -0.487. The first kappa shape index (κ1) is 29.5. The molecule has 1 amide bonds. The third-order valence-electron chi connectivity index (χ3n) is 5.53. The second-order valence-electron chi connectivity index (χ2n) is 7.51. The summed E-state index contributed by atoms with van der Waals surface area (Å²) in [6.07, 6.45) is 5.49. The predicted octanol–water partition coefficient (Wildman–Crippen LogP) is -2.17. The summed E-state index contributed by atoms with van der Waals surface area (Å²) in [4.78, 5) is 11.5. The molecule has 28 heavy (non-hydrogen) atoms. The van der Waals surface area contributed by atoms with Gasteiger partial charge in [0.15, 0.2) is 0 Å². The van der Waals surface area contributed by atoms with Crippen LogP contribution in [0.25, 0.3) is 0 Å². The maximum absolute atomic E-state index is 11.5. The van der Waals surface area contributed by atoms with Gasteiger partial charge in [0.1, 0.15) is 0 Å². The van der Waals surface area contributed by atoms with Crippen LogP contribution in [0.5, 0.6) is 0 Å². The van der Waals surface area contributed by atoms with E-state index in [0.717, 1.165) is 33.0 Å². The number of nitrogens with one attached hydrogen (secondary N) is 3. The third kappa shape index (κ3) is 10.7. The van der Waals surface area contributed by atoms with Crippen LogP contribution in [-0.2, 0) is 4.79 Å². The Morgan fingerprint density at radius 2 is 1.54 bits per heavy atom. The Balaban J connectivity index is 0.000000778. The number of alkyl halides is 2. The molecule has 0 radical (unpaired) electrons. The quantitative estimate of drug-likeness (QED) is 0.282. The molecule has 2 heterocycles. The molecule has 5 unspecified atom stereocenters. The van der Waals surface area contributed by atoms with Crippen molar-refractivity contribution in [2.24, 2.45) is 11.8 Å². The van der Waals surface area contributed by atoms with Crippen LogP contribution < -0.4 is 72.4 Å². The molecule has 3 aliphatic rings. The number of carbonyl (C=O) groups is 1. The van der Waals surface area contributed by atoms with Gasteiger partial charge < -0.3 is 26.2 Å². The molecule has 6 nitrogen and oxygen atoms in total. The van der Waals surface area contributed by atoms with Gasteiger partial charge in [0.05, 0.1) is 16.9 Å². The average molecular weight is 465 g/mol. The monoisotopic (exact) mass is 463 g/mol. The second-order valence-corrected chi connectivity index (χ2v) is 8.63. The van der Waals surface area contributed by atoms with Gasteiger partial charge in [-0.1, -0.05) is 0 Å². The number of aliphatic hydroxyl groups is 1. The topological polar surface area (TPSA) is 96.5 Å². The summed E-state index contributed by atoms with van der Waals surface area (Å²) in [5, 5.41) is 27.9. The smallest absolute Gasteiger partial charge is 0.857 e. The summed E-state index contributed by atoms with van der Waals surface area (Å²) in [6.45, 7) is 5.96. The van der Waals surface area contributed by atoms with Crippen LogP contribution in [0.1, 0.15) is 45.4 Å². The summed E-state index contributed by atoms with van der Waals surface area (Å²) in [7, 11) is 0.750. The van der Waals surface area contributed by atoms with Gasteiger partial charge >= 0.3 is 51.4 Å². The maximum atomic E-state index is 11.5. The van der Waals surface area contributed by atoms with E-state index in [1.54, 1.807) is 0 Å². The van der Waals surface area contributed by atoms with Gasteiger partial charge in [0.25, 0.3) is 0 Å². The summed E-state index contributed by atoms with van der Waals surface area (Å²) in [5.41, 5.74) is 0. The van der Waals surface area contributed by atoms with Crippen LogP contribution in [0, 0.1) is 11.8 Å². The van der Waals surface area contributed by atoms with Crippen LogP contribution >= 0.6 is 23.2 Å². The first-order chi connectivity index (χ1) is 13.0. The zero-order valence-electron chi connectivity index (χ0n) is 17.6. The Morgan fingerprint density at radius 3 is 2.00 bits per heavy atom. The molecule has 3 fully saturated rings.